The van der Waals surface area contributed by atoms with Gasteiger partial charge in [0.15, 0.2) is 0 Å². The van der Waals surface area contributed by atoms with E-state index in [1.54, 1.807) is 0 Å². The molecule has 2 amide bonds. The summed E-state index contributed by atoms with van der Waals surface area (Å²) < 4.78 is 42.2. The summed E-state index contributed by atoms with van der Waals surface area (Å²) in [6.45, 7) is 5.49. The maximum absolute atomic E-state index is 13.9. The number of urea groups is 1. The number of hydrogen-bond donors (Lipinski definition) is 4. The normalized spacial score (nSPS) is 12.2. The van der Waals surface area contributed by atoms with E-state index in [9.17, 15) is 22.6 Å². The fourth-order valence-corrected chi connectivity index (χ4v) is 2.97. The number of benzene rings is 2. The first-order valence-electron chi connectivity index (χ1n) is 8.06. The van der Waals surface area contributed by atoms with Crippen molar-refractivity contribution >= 4 is 34.4 Å². The predicted molar refractivity (Wildman–Crippen MR) is 102 cm³/mol. The monoisotopic (exact) mass is 411 g/mol. The van der Waals surface area contributed by atoms with Crippen molar-refractivity contribution < 1.29 is 27.7 Å². The Morgan fingerprint density at radius 1 is 1.04 bits per heavy atom. The summed E-state index contributed by atoms with van der Waals surface area (Å²) >= 11 is 0. The molecule has 0 radical (unpaired) electrons. The lowest BCUT2D eigenvalue weighted by Crippen LogP contribution is -2.43. The molecule has 0 aliphatic heterocycles. The molecule has 2 aromatic carbocycles. The van der Waals surface area contributed by atoms with Crippen LogP contribution in [0.4, 0.5) is 25.0 Å². The molecular weight excluding hydrogens is 392 g/mol. The Hall–Kier alpha value is -3.01. The van der Waals surface area contributed by atoms with Crippen molar-refractivity contribution in [1.82, 2.24) is 5.32 Å². The van der Waals surface area contributed by atoms with Crippen LogP contribution >= 0.6 is 0 Å². The minimum absolute atomic E-state index is 0.240. The Kier molecular flexibility index (Phi) is 6.34. The number of aromatic carboxylic acids is 1. The van der Waals surface area contributed by atoms with Crippen LogP contribution in [0.5, 0.6) is 0 Å². The Labute approximate surface area is 162 Å². The summed E-state index contributed by atoms with van der Waals surface area (Å²) in [7, 11) is -1.94. The zero-order valence-corrected chi connectivity index (χ0v) is 16.1. The number of rotatable bonds is 5. The van der Waals surface area contributed by atoms with Gasteiger partial charge < -0.3 is 15.7 Å². The van der Waals surface area contributed by atoms with Crippen molar-refractivity contribution in [2.75, 3.05) is 10.0 Å². The minimum atomic E-state index is -1.94. The zero-order chi connectivity index (χ0) is 21.1. The van der Waals surface area contributed by atoms with Crippen LogP contribution in [-0.2, 0) is 11.0 Å². The summed E-state index contributed by atoms with van der Waals surface area (Å²) in [6.07, 6.45) is 0. The number of nitrogens with one attached hydrogen (secondary N) is 3. The first-order chi connectivity index (χ1) is 13.0. The second kappa shape index (κ2) is 8.34. The minimum Gasteiger partial charge on any atom is -0.478 e. The van der Waals surface area contributed by atoms with Gasteiger partial charge in [0.1, 0.15) is 22.6 Å². The Morgan fingerprint density at radius 2 is 1.64 bits per heavy atom. The lowest BCUT2D eigenvalue weighted by molar-refractivity contribution is 0.0691. The van der Waals surface area contributed by atoms with Crippen molar-refractivity contribution in [3.05, 3.63) is 53.6 Å². The Balaban J connectivity index is 2.08. The standard InChI is InChI=1S/C18H19F2N3O4S/c1-18(2,3)22-17(26)21-10-4-6-11(7-5-10)28(27)23-15-9-13(19)12(16(24)25)8-14(15)20/h4-9,23H,1-3H3,(H,24,25)(H2,21,22,26). The fraction of sp³-hybridized carbons (Fsp3) is 0.222. The predicted octanol–water partition coefficient (Wildman–Crippen LogP) is 3.72. The molecule has 7 nitrogen and oxygen atoms in total. The smallest absolute Gasteiger partial charge is 0.338 e. The van der Waals surface area contributed by atoms with Crippen molar-refractivity contribution in [2.45, 2.75) is 31.2 Å². The van der Waals surface area contributed by atoms with Crippen LogP contribution in [0.15, 0.2) is 41.3 Å². The number of halogens is 2. The molecule has 0 aromatic heterocycles. The van der Waals surface area contributed by atoms with Gasteiger partial charge >= 0.3 is 12.0 Å². The lowest BCUT2D eigenvalue weighted by atomic mass is 10.1. The summed E-state index contributed by atoms with van der Waals surface area (Å²) in [6, 6.07) is 6.62. The van der Waals surface area contributed by atoms with Gasteiger partial charge in [0.05, 0.1) is 16.1 Å². The van der Waals surface area contributed by atoms with Gasteiger partial charge in [-0.2, -0.15) is 0 Å². The maximum Gasteiger partial charge on any atom is 0.338 e. The first-order valence-corrected chi connectivity index (χ1v) is 9.21. The largest absolute Gasteiger partial charge is 0.478 e. The van der Waals surface area contributed by atoms with E-state index in [0.29, 0.717) is 17.8 Å². The third kappa shape index (κ3) is 5.74. The number of carbonyl (C=O) groups excluding carboxylic acids is 1. The van der Waals surface area contributed by atoms with E-state index in [1.807, 2.05) is 20.8 Å². The SMILES string of the molecule is CC(C)(C)NC(=O)Nc1ccc(S(=O)Nc2cc(F)c(C(=O)O)cc2F)cc1. The van der Waals surface area contributed by atoms with Gasteiger partial charge in [0, 0.05) is 17.3 Å². The second-order valence-electron chi connectivity index (χ2n) is 6.84. The topological polar surface area (TPSA) is 108 Å². The van der Waals surface area contributed by atoms with Crippen molar-refractivity contribution in [1.29, 1.82) is 0 Å². The van der Waals surface area contributed by atoms with E-state index in [2.05, 4.69) is 15.4 Å². The van der Waals surface area contributed by atoms with Crippen LogP contribution in [0.1, 0.15) is 31.1 Å². The average molecular weight is 411 g/mol. The molecule has 4 N–H and O–H groups in total. The highest BCUT2D eigenvalue weighted by Gasteiger charge is 2.17. The molecule has 0 aliphatic carbocycles. The molecule has 10 heteroatoms. The lowest BCUT2D eigenvalue weighted by Gasteiger charge is -2.20. The van der Waals surface area contributed by atoms with Gasteiger partial charge in [-0.05, 0) is 51.1 Å². The molecule has 0 fully saturated rings. The molecule has 150 valence electrons. The van der Waals surface area contributed by atoms with Gasteiger partial charge in [0.2, 0.25) is 0 Å². The van der Waals surface area contributed by atoms with E-state index in [1.165, 1.54) is 24.3 Å². The molecule has 2 aromatic rings. The summed E-state index contributed by atoms with van der Waals surface area (Å²) in [5, 5.41) is 14.1. The van der Waals surface area contributed by atoms with Gasteiger partial charge in [-0.15, -0.1) is 0 Å². The van der Waals surface area contributed by atoms with Crippen LogP contribution in [0.25, 0.3) is 0 Å². The zero-order valence-electron chi connectivity index (χ0n) is 15.3. The van der Waals surface area contributed by atoms with E-state index in [4.69, 9.17) is 5.11 Å². The summed E-state index contributed by atoms with van der Waals surface area (Å²) in [5.74, 6) is -3.82. The number of hydrogen-bond acceptors (Lipinski definition) is 3. The number of amides is 2. The van der Waals surface area contributed by atoms with Crippen LogP contribution in [0.3, 0.4) is 0 Å². The highest BCUT2D eigenvalue weighted by atomic mass is 32.2. The van der Waals surface area contributed by atoms with E-state index in [-0.39, 0.29) is 4.90 Å². The molecule has 1 unspecified atom stereocenters. The van der Waals surface area contributed by atoms with E-state index >= 15 is 0 Å². The quantitative estimate of drug-likeness (QED) is 0.601. The molecular formula is C18H19F2N3O4S. The number of carboxylic acids is 1. The molecule has 0 heterocycles. The van der Waals surface area contributed by atoms with Gasteiger partial charge in [-0.25, -0.2) is 22.6 Å². The molecule has 1 atom stereocenters. The van der Waals surface area contributed by atoms with Crippen LogP contribution in [0, 0.1) is 11.6 Å². The molecule has 0 spiro atoms. The third-order valence-electron chi connectivity index (χ3n) is 3.30. The van der Waals surface area contributed by atoms with Crippen LogP contribution in [0.2, 0.25) is 0 Å². The Bertz CT molecular complexity index is 928. The third-order valence-corrected chi connectivity index (χ3v) is 4.41. The number of carboxylic acid groups (broad SMARTS) is 1. The van der Waals surface area contributed by atoms with Gasteiger partial charge in [0.25, 0.3) is 0 Å². The van der Waals surface area contributed by atoms with Crippen LogP contribution in [-0.4, -0.2) is 26.9 Å². The fourth-order valence-electron chi connectivity index (χ4n) is 2.11. The van der Waals surface area contributed by atoms with Gasteiger partial charge in [-0.3, -0.25) is 4.72 Å². The summed E-state index contributed by atoms with van der Waals surface area (Å²) in [4.78, 5) is 22.9. The molecule has 28 heavy (non-hydrogen) atoms. The molecule has 0 bridgehead atoms. The van der Waals surface area contributed by atoms with E-state index in [0.717, 1.165) is 0 Å². The molecule has 2 rings (SSSR count). The average Bonchev–Trinajstić information content (AvgIpc) is 2.56. The molecule has 0 aliphatic rings. The Morgan fingerprint density at radius 3 is 2.18 bits per heavy atom. The van der Waals surface area contributed by atoms with E-state index < -0.39 is 51.4 Å². The van der Waals surface area contributed by atoms with Crippen LogP contribution < -0.4 is 15.4 Å². The number of anilines is 2. The molecule has 0 saturated carbocycles. The highest BCUT2D eigenvalue weighted by Crippen LogP contribution is 2.22. The van der Waals surface area contributed by atoms with Gasteiger partial charge in [-0.1, -0.05) is 0 Å². The first kappa shape index (κ1) is 21.3. The van der Waals surface area contributed by atoms with Crippen molar-refractivity contribution in [3.63, 3.8) is 0 Å². The number of carbonyl (C=O) groups is 2. The highest BCUT2D eigenvalue weighted by molar-refractivity contribution is 7.86. The second-order valence-corrected chi connectivity index (χ2v) is 8.05. The molecule has 0 saturated heterocycles. The summed E-state index contributed by atoms with van der Waals surface area (Å²) in [5.41, 5.74) is -1.22. The van der Waals surface area contributed by atoms with Crippen molar-refractivity contribution in [2.24, 2.45) is 0 Å². The van der Waals surface area contributed by atoms with Crippen molar-refractivity contribution in [3.8, 4) is 0 Å². The maximum atomic E-state index is 13.9.